The third-order valence-corrected chi connectivity index (χ3v) is 3.43. The number of nitrogens with zero attached hydrogens (tertiary/aromatic N) is 5. The van der Waals surface area contributed by atoms with E-state index in [-0.39, 0.29) is 0 Å². The third-order valence-electron chi connectivity index (χ3n) is 3.43. The van der Waals surface area contributed by atoms with E-state index in [1.807, 2.05) is 6.07 Å². The highest BCUT2D eigenvalue weighted by atomic mass is 16.5. The molecule has 0 fully saturated rings. The minimum atomic E-state index is 0.343. The molecule has 0 atom stereocenters. The zero-order valence-electron chi connectivity index (χ0n) is 12.9. The fourth-order valence-corrected chi connectivity index (χ4v) is 2.34. The molecule has 0 amide bonds. The van der Waals surface area contributed by atoms with Crippen LogP contribution in [0, 0.1) is 5.21 Å². The van der Waals surface area contributed by atoms with Crippen molar-refractivity contribution in [3.8, 4) is 22.7 Å². The minimum absolute atomic E-state index is 0.343. The van der Waals surface area contributed by atoms with E-state index in [9.17, 15) is 5.21 Å². The third kappa shape index (κ3) is 3.13. The standard InChI is InChI=1S/C17H12N6O2/c24-23-7-1-3-12(10-23)21-17-19-9-13(14-5-6-18-11-20-14)16(22-17)15-4-2-8-25-15/h1-11H,(H,19,21,22). The molecule has 25 heavy (non-hydrogen) atoms. The van der Waals surface area contributed by atoms with Crippen LogP contribution < -0.4 is 10.0 Å². The van der Waals surface area contributed by atoms with E-state index in [0.717, 1.165) is 5.56 Å². The Morgan fingerprint density at radius 3 is 2.84 bits per heavy atom. The van der Waals surface area contributed by atoms with E-state index >= 15 is 0 Å². The van der Waals surface area contributed by atoms with E-state index < -0.39 is 0 Å². The molecule has 122 valence electrons. The van der Waals surface area contributed by atoms with Crippen LogP contribution in [0.1, 0.15) is 0 Å². The maximum absolute atomic E-state index is 11.4. The number of rotatable bonds is 4. The summed E-state index contributed by atoms with van der Waals surface area (Å²) in [5.41, 5.74) is 2.57. The van der Waals surface area contributed by atoms with Crippen molar-refractivity contribution in [2.75, 3.05) is 5.32 Å². The zero-order chi connectivity index (χ0) is 17.1. The van der Waals surface area contributed by atoms with Crippen LogP contribution in [0.4, 0.5) is 11.6 Å². The summed E-state index contributed by atoms with van der Waals surface area (Å²) in [7, 11) is 0. The summed E-state index contributed by atoms with van der Waals surface area (Å²) in [5.74, 6) is 0.932. The number of furan rings is 1. The average molecular weight is 332 g/mol. The van der Waals surface area contributed by atoms with Crippen molar-refractivity contribution in [1.29, 1.82) is 0 Å². The van der Waals surface area contributed by atoms with Gasteiger partial charge in [-0.1, -0.05) is 0 Å². The van der Waals surface area contributed by atoms with Crippen LogP contribution in [0.3, 0.4) is 0 Å². The predicted molar refractivity (Wildman–Crippen MR) is 89.4 cm³/mol. The van der Waals surface area contributed by atoms with Gasteiger partial charge >= 0.3 is 0 Å². The molecule has 0 aliphatic heterocycles. The van der Waals surface area contributed by atoms with Gasteiger partial charge < -0.3 is 14.9 Å². The van der Waals surface area contributed by atoms with Crippen LogP contribution in [-0.4, -0.2) is 19.9 Å². The highest BCUT2D eigenvalue weighted by Gasteiger charge is 2.15. The van der Waals surface area contributed by atoms with Gasteiger partial charge in [0.25, 0.3) is 0 Å². The van der Waals surface area contributed by atoms with Gasteiger partial charge in [-0.25, -0.2) is 19.9 Å². The highest BCUT2D eigenvalue weighted by Crippen LogP contribution is 2.30. The molecular formula is C17H12N6O2. The number of hydrogen-bond acceptors (Lipinski definition) is 7. The molecule has 8 heteroatoms. The molecule has 0 aromatic carbocycles. The Bertz CT molecular complexity index is 989. The van der Waals surface area contributed by atoms with Crippen LogP contribution in [0.5, 0.6) is 0 Å². The van der Waals surface area contributed by atoms with Crippen LogP contribution in [0.15, 0.2) is 72.1 Å². The van der Waals surface area contributed by atoms with E-state index in [4.69, 9.17) is 4.42 Å². The minimum Gasteiger partial charge on any atom is -0.619 e. The Kier molecular flexibility index (Phi) is 3.76. The van der Waals surface area contributed by atoms with Gasteiger partial charge in [0.15, 0.2) is 12.0 Å². The lowest BCUT2D eigenvalue weighted by Gasteiger charge is -2.09. The van der Waals surface area contributed by atoms with Crippen LogP contribution in [0.25, 0.3) is 22.7 Å². The highest BCUT2D eigenvalue weighted by molar-refractivity contribution is 5.76. The second-order valence-corrected chi connectivity index (χ2v) is 5.11. The van der Waals surface area contributed by atoms with Gasteiger partial charge in [0, 0.05) is 24.0 Å². The van der Waals surface area contributed by atoms with E-state index in [1.165, 1.54) is 18.7 Å². The van der Waals surface area contributed by atoms with Crippen molar-refractivity contribution < 1.29 is 9.15 Å². The summed E-state index contributed by atoms with van der Waals surface area (Å²) in [6.45, 7) is 0. The maximum atomic E-state index is 11.4. The molecule has 0 saturated carbocycles. The summed E-state index contributed by atoms with van der Waals surface area (Å²) in [6.07, 6.45) is 9.14. The van der Waals surface area contributed by atoms with Crippen molar-refractivity contribution in [3.63, 3.8) is 0 Å². The lowest BCUT2D eigenvalue weighted by Crippen LogP contribution is -2.24. The molecule has 4 heterocycles. The van der Waals surface area contributed by atoms with Gasteiger partial charge in [0.1, 0.15) is 17.7 Å². The van der Waals surface area contributed by atoms with Gasteiger partial charge in [-0.05, 0) is 24.3 Å². The molecule has 4 aromatic heterocycles. The molecule has 0 aliphatic rings. The lowest BCUT2D eigenvalue weighted by atomic mass is 10.1. The van der Waals surface area contributed by atoms with Gasteiger partial charge in [-0.3, -0.25) is 0 Å². The average Bonchev–Trinajstić information content (AvgIpc) is 3.17. The van der Waals surface area contributed by atoms with E-state index in [1.54, 1.807) is 42.9 Å². The van der Waals surface area contributed by atoms with Gasteiger partial charge in [-0.2, -0.15) is 4.73 Å². The molecule has 1 N–H and O–H groups in total. The smallest absolute Gasteiger partial charge is 0.228 e. The van der Waals surface area contributed by atoms with Crippen LogP contribution in [0.2, 0.25) is 0 Å². The Hall–Kier alpha value is -3.81. The maximum Gasteiger partial charge on any atom is 0.228 e. The SMILES string of the molecule is [O-][n+]1cccc(Nc2ncc(-c3ccncn3)c(-c3ccco3)n2)c1. The Balaban J connectivity index is 1.77. The molecule has 0 radical (unpaired) electrons. The first kappa shape index (κ1) is 14.8. The first-order chi connectivity index (χ1) is 12.3. The normalized spacial score (nSPS) is 10.6. The number of aromatic nitrogens is 5. The molecule has 4 rings (SSSR count). The lowest BCUT2D eigenvalue weighted by molar-refractivity contribution is -0.604. The molecular weight excluding hydrogens is 320 g/mol. The summed E-state index contributed by atoms with van der Waals surface area (Å²) in [5, 5.41) is 14.4. The quantitative estimate of drug-likeness (QED) is 0.452. The molecule has 4 aromatic rings. The summed E-state index contributed by atoms with van der Waals surface area (Å²) < 4.78 is 6.19. The van der Waals surface area contributed by atoms with Crippen molar-refractivity contribution in [1.82, 2.24) is 19.9 Å². The second-order valence-electron chi connectivity index (χ2n) is 5.11. The Morgan fingerprint density at radius 1 is 1.12 bits per heavy atom. The number of hydrogen-bond donors (Lipinski definition) is 1. The molecule has 0 unspecified atom stereocenters. The Labute approximate surface area is 142 Å². The second kappa shape index (κ2) is 6.36. The summed E-state index contributed by atoms with van der Waals surface area (Å²) in [4.78, 5) is 17.0. The van der Waals surface area contributed by atoms with Crippen molar-refractivity contribution in [2.24, 2.45) is 0 Å². The largest absolute Gasteiger partial charge is 0.619 e. The number of anilines is 2. The van der Waals surface area contributed by atoms with Crippen molar-refractivity contribution in [3.05, 3.63) is 72.9 Å². The monoisotopic (exact) mass is 332 g/mol. The molecule has 0 spiro atoms. The van der Waals surface area contributed by atoms with E-state index in [0.29, 0.717) is 33.5 Å². The first-order valence-electron chi connectivity index (χ1n) is 7.43. The van der Waals surface area contributed by atoms with Crippen LogP contribution in [-0.2, 0) is 0 Å². The fourth-order valence-electron chi connectivity index (χ4n) is 2.34. The van der Waals surface area contributed by atoms with E-state index in [2.05, 4.69) is 25.3 Å². The van der Waals surface area contributed by atoms with Gasteiger partial charge in [-0.15, -0.1) is 0 Å². The van der Waals surface area contributed by atoms with Crippen LogP contribution >= 0.6 is 0 Å². The number of pyridine rings is 1. The predicted octanol–water partition coefficient (Wildman–Crippen LogP) is 2.57. The molecule has 0 saturated heterocycles. The first-order valence-corrected chi connectivity index (χ1v) is 7.43. The fraction of sp³-hybridized carbons (Fsp3) is 0. The summed E-state index contributed by atoms with van der Waals surface area (Å²) >= 11 is 0. The number of nitrogens with one attached hydrogen (secondary N) is 1. The van der Waals surface area contributed by atoms with Gasteiger partial charge in [0.2, 0.25) is 12.1 Å². The van der Waals surface area contributed by atoms with Crippen molar-refractivity contribution >= 4 is 11.6 Å². The van der Waals surface area contributed by atoms with Gasteiger partial charge in [0.05, 0.1) is 12.0 Å². The molecule has 0 bridgehead atoms. The Morgan fingerprint density at radius 2 is 2.08 bits per heavy atom. The molecule has 0 aliphatic carbocycles. The zero-order valence-corrected chi connectivity index (χ0v) is 12.9. The molecule has 8 nitrogen and oxygen atoms in total. The summed E-state index contributed by atoms with van der Waals surface area (Å²) in [6, 6.07) is 8.76. The topological polar surface area (TPSA) is 104 Å². The van der Waals surface area contributed by atoms with Crippen molar-refractivity contribution in [2.45, 2.75) is 0 Å².